The summed E-state index contributed by atoms with van der Waals surface area (Å²) in [7, 11) is 0. The Labute approximate surface area is 160 Å². The Morgan fingerprint density at radius 2 is 1.54 bits per heavy atom. The first kappa shape index (κ1) is 21.1. The van der Waals surface area contributed by atoms with Crippen molar-refractivity contribution in [2.45, 2.75) is 45.3 Å². The smallest absolute Gasteiger partial charge is 0.303 e. The van der Waals surface area contributed by atoms with Crippen molar-refractivity contribution in [1.82, 2.24) is 0 Å². The van der Waals surface area contributed by atoms with Crippen LogP contribution < -0.4 is 5.32 Å². The monoisotopic (exact) mass is 396 g/mol. The number of non-ortho nitro benzene ring substituents is 1. The zero-order valence-corrected chi connectivity index (χ0v) is 15.4. The van der Waals surface area contributed by atoms with Gasteiger partial charge in [-0.25, -0.2) is 0 Å². The van der Waals surface area contributed by atoms with E-state index in [1.165, 1.54) is 45.0 Å². The van der Waals surface area contributed by atoms with E-state index >= 15 is 0 Å². The minimum Gasteiger partial charge on any atom is -0.456 e. The number of hydrogen-bond acceptors (Lipinski definition) is 10. The summed E-state index contributed by atoms with van der Waals surface area (Å²) < 4.78 is 21.2. The highest BCUT2D eigenvalue weighted by Crippen LogP contribution is 2.26. The third-order valence-electron chi connectivity index (χ3n) is 3.74. The quantitative estimate of drug-likeness (QED) is 0.322. The standard InChI is InChI=1S/C17H20N2O9/c1-9(20)26-14-8-25-17(16(28-11(3)22)15(14)27-10(2)21)18-12-4-6-13(7-5-12)19(23)24/h4-7,14-18H,8H2,1-3H3/t14-,15-,16-,17+/m1/s1. The topological polar surface area (TPSA) is 143 Å². The van der Waals surface area contributed by atoms with Crippen LogP contribution in [-0.4, -0.2) is 54.0 Å². The molecule has 11 nitrogen and oxygen atoms in total. The maximum absolute atomic E-state index is 11.6. The van der Waals surface area contributed by atoms with Crippen LogP contribution in [0.25, 0.3) is 0 Å². The number of ether oxygens (including phenoxy) is 4. The molecule has 0 aliphatic carbocycles. The Morgan fingerprint density at radius 3 is 2.04 bits per heavy atom. The van der Waals surface area contributed by atoms with Gasteiger partial charge in [0.25, 0.3) is 5.69 Å². The molecule has 1 saturated heterocycles. The van der Waals surface area contributed by atoms with Crippen molar-refractivity contribution < 1.29 is 38.3 Å². The van der Waals surface area contributed by atoms with Gasteiger partial charge in [0.15, 0.2) is 24.5 Å². The van der Waals surface area contributed by atoms with Gasteiger partial charge in [-0.05, 0) is 12.1 Å². The molecule has 4 atom stereocenters. The van der Waals surface area contributed by atoms with Crippen molar-refractivity contribution >= 4 is 29.3 Å². The molecule has 0 amide bonds. The number of nitro groups is 1. The molecule has 0 radical (unpaired) electrons. The highest BCUT2D eigenvalue weighted by molar-refractivity contribution is 5.68. The van der Waals surface area contributed by atoms with Gasteiger partial charge in [-0.15, -0.1) is 0 Å². The maximum Gasteiger partial charge on any atom is 0.303 e. The number of nitro benzene ring substituents is 1. The molecule has 11 heteroatoms. The third kappa shape index (κ3) is 5.64. The second-order valence-corrected chi connectivity index (χ2v) is 6.00. The Bertz CT molecular complexity index is 749. The molecule has 0 spiro atoms. The number of nitrogens with zero attached hydrogens (tertiary/aromatic N) is 1. The first-order valence-corrected chi connectivity index (χ1v) is 8.31. The minimum absolute atomic E-state index is 0.0978. The molecule has 152 valence electrons. The number of carbonyl (C=O) groups excluding carboxylic acids is 3. The SMILES string of the molecule is CC(=O)O[C@@H]1[C@H](OC(C)=O)[C@H](OC(C)=O)CO[C@@H]1Nc1ccc([N+](=O)[O-])cc1. The molecule has 1 heterocycles. The molecule has 2 rings (SSSR count). The predicted molar refractivity (Wildman–Crippen MR) is 93.1 cm³/mol. The lowest BCUT2D eigenvalue weighted by molar-refractivity contribution is -0.384. The van der Waals surface area contributed by atoms with Crippen molar-refractivity contribution in [3.8, 4) is 0 Å². The predicted octanol–water partition coefficient (Wildman–Crippen LogP) is 1.16. The van der Waals surface area contributed by atoms with Crippen LogP contribution in [0.5, 0.6) is 0 Å². The molecule has 1 N–H and O–H groups in total. The van der Waals surface area contributed by atoms with Gasteiger partial charge in [0.2, 0.25) is 0 Å². The van der Waals surface area contributed by atoms with E-state index in [0.29, 0.717) is 5.69 Å². The molecular weight excluding hydrogens is 376 g/mol. The van der Waals surface area contributed by atoms with Crippen molar-refractivity contribution in [1.29, 1.82) is 0 Å². The van der Waals surface area contributed by atoms with E-state index in [4.69, 9.17) is 18.9 Å². The summed E-state index contributed by atoms with van der Waals surface area (Å²) >= 11 is 0. The summed E-state index contributed by atoms with van der Waals surface area (Å²) in [5, 5.41) is 13.7. The van der Waals surface area contributed by atoms with Crippen molar-refractivity contribution in [3.63, 3.8) is 0 Å². The number of anilines is 1. The van der Waals surface area contributed by atoms with Crippen LogP contribution in [0.2, 0.25) is 0 Å². The Kier molecular flexibility index (Phi) is 6.88. The fraction of sp³-hybridized carbons (Fsp3) is 0.471. The van der Waals surface area contributed by atoms with Crippen LogP contribution in [0.1, 0.15) is 20.8 Å². The lowest BCUT2D eigenvalue weighted by Crippen LogP contribution is -2.59. The first-order valence-electron chi connectivity index (χ1n) is 8.31. The summed E-state index contributed by atoms with van der Waals surface area (Å²) in [5.41, 5.74) is 0.347. The van der Waals surface area contributed by atoms with E-state index in [-0.39, 0.29) is 12.3 Å². The maximum atomic E-state index is 11.6. The largest absolute Gasteiger partial charge is 0.456 e. The number of carbonyl (C=O) groups is 3. The van der Waals surface area contributed by atoms with E-state index in [1.807, 2.05) is 0 Å². The first-order chi connectivity index (χ1) is 13.2. The molecule has 28 heavy (non-hydrogen) atoms. The molecule has 0 aromatic heterocycles. The van der Waals surface area contributed by atoms with Crippen molar-refractivity contribution in [2.24, 2.45) is 0 Å². The average molecular weight is 396 g/mol. The molecule has 1 aliphatic heterocycles. The fourth-order valence-electron chi connectivity index (χ4n) is 2.71. The van der Waals surface area contributed by atoms with Crippen LogP contribution in [0.3, 0.4) is 0 Å². The third-order valence-corrected chi connectivity index (χ3v) is 3.74. The summed E-state index contributed by atoms with van der Waals surface area (Å²) in [6.07, 6.45) is -4.16. The van der Waals surface area contributed by atoms with E-state index in [9.17, 15) is 24.5 Å². The molecule has 0 unspecified atom stereocenters. The van der Waals surface area contributed by atoms with Crippen LogP contribution >= 0.6 is 0 Å². The summed E-state index contributed by atoms with van der Waals surface area (Å²) in [4.78, 5) is 44.6. The number of nitrogens with one attached hydrogen (secondary N) is 1. The van der Waals surface area contributed by atoms with Gasteiger partial charge in [-0.3, -0.25) is 24.5 Å². The molecule has 1 fully saturated rings. The van der Waals surface area contributed by atoms with Crippen LogP contribution in [-0.2, 0) is 33.3 Å². The van der Waals surface area contributed by atoms with Gasteiger partial charge in [-0.1, -0.05) is 0 Å². The van der Waals surface area contributed by atoms with Crippen LogP contribution in [0.15, 0.2) is 24.3 Å². The van der Waals surface area contributed by atoms with E-state index < -0.39 is 47.4 Å². The van der Waals surface area contributed by atoms with Gasteiger partial charge in [0, 0.05) is 38.6 Å². The van der Waals surface area contributed by atoms with Gasteiger partial charge >= 0.3 is 17.9 Å². The van der Waals surface area contributed by atoms with E-state index in [2.05, 4.69) is 5.32 Å². The lowest BCUT2D eigenvalue weighted by Gasteiger charge is -2.40. The zero-order chi connectivity index (χ0) is 20.8. The number of esters is 3. The highest BCUT2D eigenvalue weighted by Gasteiger charge is 2.47. The van der Waals surface area contributed by atoms with Gasteiger partial charge in [0.05, 0.1) is 11.5 Å². The Hall–Kier alpha value is -3.21. The Morgan fingerprint density at radius 1 is 1.00 bits per heavy atom. The number of rotatable bonds is 6. The second kappa shape index (κ2) is 9.13. The Balaban J connectivity index is 2.25. The molecular formula is C17H20N2O9. The zero-order valence-electron chi connectivity index (χ0n) is 15.4. The van der Waals surface area contributed by atoms with Crippen molar-refractivity contribution in [3.05, 3.63) is 34.4 Å². The second-order valence-electron chi connectivity index (χ2n) is 6.00. The molecule has 0 bridgehead atoms. The van der Waals surface area contributed by atoms with Crippen molar-refractivity contribution in [2.75, 3.05) is 11.9 Å². The highest BCUT2D eigenvalue weighted by atomic mass is 16.6. The normalized spacial score (nSPS) is 24.0. The molecule has 1 aromatic carbocycles. The molecule has 1 aliphatic rings. The number of benzene rings is 1. The summed E-state index contributed by atoms with van der Waals surface area (Å²) in [5.74, 6) is -1.94. The lowest BCUT2D eigenvalue weighted by atomic mass is 10.0. The van der Waals surface area contributed by atoms with Crippen LogP contribution in [0.4, 0.5) is 11.4 Å². The minimum atomic E-state index is -1.13. The summed E-state index contributed by atoms with van der Waals surface area (Å²) in [6.45, 7) is 3.40. The summed E-state index contributed by atoms with van der Waals surface area (Å²) in [6, 6.07) is 5.48. The van der Waals surface area contributed by atoms with Gasteiger partial charge in [0.1, 0.15) is 0 Å². The van der Waals surface area contributed by atoms with Gasteiger partial charge < -0.3 is 24.3 Å². The molecule has 0 saturated carbocycles. The molecule has 1 aromatic rings. The van der Waals surface area contributed by atoms with E-state index in [0.717, 1.165) is 0 Å². The fourth-order valence-corrected chi connectivity index (χ4v) is 2.71. The van der Waals surface area contributed by atoms with Crippen LogP contribution in [0, 0.1) is 10.1 Å². The number of hydrogen-bond donors (Lipinski definition) is 1. The van der Waals surface area contributed by atoms with Gasteiger partial charge in [-0.2, -0.15) is 0 Å². The average Bonchev–Trinajstić information content (AvgIpc) is 2.59. The van der Waals surface area contributed by atoms with E-state index in [1.54, 1.807) is 0 Å².